The van der Waals surface area contributed by atoms with Crippen molar-refractivity contribution in [3.63, 3.8) is 0 Å². The molecule has 0 amide bonds. The Hall–Kier alpha value is -0.470. The lowest BCUT2D eigenvalue weighted by molar-refractivity contribution is -0.0847. The van der Waals surface area contributed by atoms with Crippen LogP contribution in [-0.4, -0.2) is 51.2 Å². The van der Waals surface area contributed by atoms with Gasteiger partial charge in [-0.2, -0.15) is 4.31 Å². The Kier molecular flexibility index (Phi) is 4.61. The summed E-state index contributed by atoms with van der Waals surface area (Å²) in [5, 5.41) is 0. The normalized spacial score (nSPS) is 32.2. The number of thiophene rings is 1. The summed E-state index contributed by atoms with van der Waals surface area (Å²) in [7, 11) is -0.0870. The molecule has 1 aliphatic carbocycles. The average molecular weight is 360 g/mol. The van der Waals surface area contributed by atoms with Crippen molar-refractivity contribution in [2.24, 2.45) is 0 Å². The van der Waals surface area contributed by atoms with Crippen molar-refractivity contribution in [1.29, 1.82) is 0 Å². The summed E-state index contributed by atoms with van der Waals surface area (Å²) in [6, 6.07) is 1.65. The molecule has 2 fully saturated rings. The van der Waals surface area contributed by atoms with Crippen LogP contribution in [0, 0.1) is 13.8 Å². The van der Waals surface area contributed by atoms with Crippen LogP contribution < -0.4 is 0 Å². The van der Waals surface area contributed by atoms with Gasteiger partial charge in [0.15, 0.2) is 0 Å². The van der Waals surface area contributed by atoms with Crippen molar-refractivity contribution in [1.82, 2.24) is 4.31 Å². The van der Waals surface area contributed by atoms with Crippen molar-refractivity contribution >= 4 is 21.4 Å². The van der Waals surface area contributed by atoms with Gasteiger partial charge in [-0.1, -0.05) is 0 Å². The number of rotatable bonds is 4. The molecule has 1 aromatic rings. The molecule has 0 N–H and O–H groups in total. The van der Waals surface area contributed by atoms with E-state index >= 15 is 0 Å². The summed E-state index contributed by atoms with van der Waals surface area (Å²) in [6.07, 6.45) is 3.33. The highest BCUT2D eigenvalue weighted by molar-refractivity contribution is 7.89. The Morgan fingerprint density at radius 3 is 2.61 bits per heavy atom. The maximum atomic E-state index is 13.2. The van der Waals surface area contributed by atoms with Gasteiger partial charge in [0.2, 0.25) is 10.0 Å². The number of hydrogen-bond donors (Lipinski definition) is 0. The molecule has 1 saturated carbocycles. The topological polar surface area (TPSA) is 55.8 Å². The maximum absolute atomic E-state index is 13.2. The van der Waals surface area contributed by atoms with E-state index in [0.29, 0.717) is 17.9 Å². The van der Waals surface area contributed by atoms with Crippen LogP contribution in [0.2, 0.25) is 0 Å². The standard InChI is InChI=1S/C16H25NO4S2/c1-11-9-14(12(2)22-11)23(18,19)17-8-7-16(21-4)6-5-13(20-3)10-15(16)17/h9,13,15H,5-8,10H2,1-4H3/t13-,15+,16-/m1/s1. The molecule has 1 aromatic heterocycles. The largest absolute Gasteiger partial charge is 0.381 e. The zero-order valence-electron chi connectivity index (χ0n) is 14.2. The van der Waals surface area contributed by atoms with Crippen molar-refractivity contribution < 1.29 is 17.9 Å². The van der Waals surface area contributed by atoms with Crippen molar-refractivity contribution in [2.45, 2.75) is 62.2 Å². The summed E-state index contributed by atoms with van der Waals surface area (Å²) in [4.78, 5) is 2.33. The summed E-state index contributed by atoms with van der Waals surface area (Å²) in [5.41, 5.74) is -0.360. The molecule has 0 unspecified atom stereocenters. The highest BCUT2D eigenvalue weighted by Crippen LogP contribution is 2.45. The molecule has 0 spiro atoms. The number of aryl methyl sites for hydroxylation is 2. The number of ether oxygens (including phenoxy) is 2. The van der Waals surface area contributed by atoms with Gasteiger partial charge in [0, 0.05) is 30.5 Å². The van der Waals surface area contributed by atoms with Gasteiger partial charge in [0.05, 0.1) is 22.6 Å². The van der Waals surface area contributed by atoms with E-state index in [0.717, 1.165) is 29.0 Å². The molecule has 2 heterocycles. The van der Waals surface area contributed by atoms with E-state index in [1.165, 1.54) is 11.3 Å². The minimum atomic E-state index is -3.49. The molecule has 7 heteroatoms. The molecule has 1 aliphatic heterocycles. The Morgan fingerprint density at radius 2 is 2.04 bits per heavy atom. The molecule has 130 valence electrons. The SMILES string of the molecule is CO[C@@H]1CC[C@@]2(OC)CCN(S(=O)(=O)c3cc(C)sc3C)[C@H]2C1. The van der Waals surface area contributed by atoms with E-state index in [4.69, 9.17) is 9.47 Å². The number of methoxy groups -OCH3 is 2. The van der Waals surface area contributed by atoms with E-state index in [9.17, 15) is 8.42 Å². The second-order valence-electron chi connectivity index (χ2n) is 6.56. The summed E-state index contributed by atoms with van der Waals surface area (Å²) in [6.45, 7) is 4.34. The van der Waals surface area contributed by atoms with E-state index in [1.54, 1.807) is 24.6 Å². The van der Waals surface area contributed by atoms with Crippen LogP contribution in [0.5, 0.6) is 0 Å². The van der Waals surface area contributed by atoms with E-state index in [1.807, 2.05) is 13.8 Å². The lowest BCUT2D eigenvalue weighted by Gasteiger charge is -2.42. The first-order valence-electron chi connectivity index (χ1n) is 8.01. The van der Waals surface area contributed by atoms with Gasteiger partial charge in [-0.3, -0.25) is 0 Å². The minimum Gasteiger partial charge on any atom is -0.381 e. The number of hydrogen-bond acceptors (Lipinski definition) is 5. The van der Waals surface area contributed by atoms with Gasteiger partial charge in [-0.25, -0.2) is 8.42 Å². The number of sulfonamides is 1. The van der Waals surface area contributed by atoms with Crippen LogP contribution >= 0.6 is 11.3 Å². The zero-order valence-corrected chi connectivity index (χ0v) is 15.8. The Bertz CT molecular complexity index is 684. The van der Waals surface area contributed by atoms with Crippen LogP contribution in [0.15, 0.2) is 11.0 Å². The molecule has 0 bridgehead atoms. The van der Waals surface area contributed by atoms with E-state index < -0.39 is 10.0 Å². The quantitative estimate of drug-likeness (QED) is 0.829. The first kappa shape index (κ1) is 17.4. The maximum Gasteiger partial charge on any atom is 0.244 e. The third kappa shape index (κ3) is 2.76. The van der Waals surface area contributed by atoms with E-state index in [2.05, 4.69) is 0 Å². The summed E-state index contributed by atoms with van der Waals surface area (Å²) >= 11 is 1.53. The van der Waals surface area contributed by atoms with Gasteiger partial charge < -0.3 is 9.47 Å². The second kappa shape index (κ2) is 6.11. The van der Waals surface area contributed by atoms with Gasteiger partial charge >= 0.3 is 0 Å². The number of nitrogens with zero attached hydrogens (tertiary/aromatic N) is 1. The fourth-order valence-electron chi connectivity index (χ4n) is 4.11. The second-order valence-corrected chi connectivity index (χ2v) is 9.88. The zero-order chi connectivity index (χ0) is 16.8. The third-order valence-electron chi connectivity index (χ3n) is 5.41. The van der Waals surface area contributed by atoms with Crippen molar-refractivity contribution in [2.75, 3.05) is 20.8 Å². The lowest BCUT2D eigenvalue weighted by atomic mass is 9.79. The predicted molar refractivity (Wildman–Crippen MR) is 90.5 cm³/mol. The summed E-state index contributed by atoms with van der Waals surface area (Å²) in [5.74, 6) is 0. The molecule has 0 radical (unpaired) electrons. The predicted octanol–water partition coefficient (Wildman–Crippen LogP) is 2.71. The fourth-order valence-corrected chi connectivity index (χ4v) is 7.33. The monoisotopic (exact) mass is 359 g/mol. The van der Waals surface area contributed by atoms with E-state index in [-0.39, 0.29) is 17.7 Å². The average Bonchev–Trinajstić information content (AvgIpc) is 3.07. The minimum absolute atomic E-state index is 0.101. The van der Waals surface area contributed by atoms with Gasteiger partial charge in [-0.05, 0) is 45.6 Å². The van der Waals surface area contributed by atoms with Gasteiger partial charge in [0.1, 0.15) is 0 Å². The van der Waals surface area contributed by atoms with Crippen LogP contribution in [0.3, 0.4) is 0 Å². The Balaban J connectivity index is 1.97. The van der Waals surface area contributed by atoms with Gasteiger partial charge in [0.25, 0.3) is 0 Å². The van der Waals surface area contributed by atoms with Crippen LogP contribution in [-0.2, 0) is 19.5 Å². The highest BCUT2D eigenvalue weighted by atomic mass is 32.2. The number of fused-ring (bicyclic) bond motifs is 1. The Labute approximate surface area is 142 Å². The molecule has 0 aromatic carbocycles. The van der Waals surface area contributed by atoms with Crippen molar-refractivity contribution in [3.05, 3.63) is 15.8 Å². The molecule has 1 saturated heterocycles. The molecule has 3 rings (SSSR count). The highest BCUT2D eigenvalue weighted by Gasteiger charge is 2.55. The molecule has 23 heavy (non-hydrogen) atoms. The van der Waals surface area contributed by atoms with Crippen LogP contribution in [0.1, 0.15) is 35.4 Å². The molecular weight excluding hydrogens is 334 g/mol. The van der Waals surface area contributed by atoms with Crippen LogP contribution in [0.25, 0.3) is 0 Å². The van der Waals surface area contributed by atoms with Gasteiger partial charge in [-0.15, -0.1) is 11.3 Å². The smallest absolute Gasteiger partial charge is 0.244 e. The Morgan fingerprint density at radius 1 is 1.30 bits per heavy atom. The summed E-state index contributed by atoms with van der Waals surface area (Å²) < 4.78 is 39.4. The molecular formula is C16H25NO4S2. The first-order valence-corrected chi connectivity index (χ1v) is 10.3. The lowest BCUT2D eigenvalue weighted by Crippen LogP contribution is -2.53. The first-order chi connectivity index (χ1) is 10.8. The molecule has 5 nitrogen and oxygen atoms in total. The van der Waals surface area contributed by atoms with Crippen molar-refractivity contribution in [3.8, 4) is 0 Å². The third-order valence-corrected chi connectivity index (χ3v) is 8.54. The molecule has 3 atom stereocenters. The fraction of sp³-hybridized carbons (Fsp3) is 0.750. The molecule has 2 aliphatic rings. The van der Waals surface area contributed by atoms with Crippen LogP contribution in [0.4, 0.5) is 0 Å².